The molecule has 0 saturated carbocycles. The molecule has 0 aliphatic carbocycles. The monoisotopic (exact) mass is 468 g/mol. The van der Waals surface area contributed by atoms with E-state index in [4.69, 9.17) is 44.3 Å². The van der Waals surface area contributed by atoms with Crippen LogP contribution in [0.3, 0.4) is 0 Å². The number of halogens is 3. The quantitative estimate of drug-likeness (QED) is 0.338. The van der Waals surface area contributed by atoms with Gasteiger partial charge in [0.25, 0.3) is 5.91 Å². The average Bonchev–Trinajstić information content (AvgIpc) is 3.23. The Morgan fingerprint density at radius 2 is 2.00 bits per heavy atom. The van der Waals surface area contributed by atoms with Gasteiger partial charge in [-0.3, -0.25) is 4.79 Å². The third-order valence-electron chi connectivity index (χ3n) is 3.76. The Balaban J connectivity index is 1.71. The molecule has 0 fully saturated rings. The van der Waals surface area contributed by atoms with Gasteiger partial charge >= 0.3 is 0 Å². The standard InChI is InChI=1S/C20H15Cl3N2O3S/c1-27-17-8-12(10-24-25-20(26)18-3-2-6-29-18)7-16(23)19(17)28-11-13-4-5-14(21)9-15(13)22/h2-10H,11H2,1H3,(H,25,26)/b24-10+. The van der Waals surface area contributed by atoms with Crippen molar-refractivity contribution in [2.45, 2.75) is 6.61 Å². The molecule has 0 bridgehead atoms. The SMILES string of the molecule is COc1cc(/C=N/NC(=O)c2cccs2)cc(Cl)c1OCc1ccc(Cl)cc1Cl. The van der Waals surface area contributed by atoms with Crippen molar-refractivity contribution in [1.29, 1.82) is 0 Å². The Labute approximate surface area is 186 Å². The molecule has 1 amide bonds. The number of ether oxygens (including phenoxy) is 2. The van der Waals surface area contributed by atoms with Crippen LogP contribution in [0.15, 0.2) is 52.9 Å². The second-order valence-corrected chi connectivity index (χ2v) is 7.93. The summed E-state index contributed by atoms with van der Waals surface area (Å²) in [6.07, 6.45) is 1.47. The summed E-state index contributed by atoms with van der Waals surface area (Å²) in [4.78, 5) is 12.5. The summed E-state index contributed by atoms with van der Waals surface area (Å²) in [5.74, 6) is 0.516. The van der Waals surface area contributed by atoms with Crippen LogP contribution in [0.2, 0.25) is 15.1 Å². The molecule has 0 spiro atoms. The number of hydrogen-bond acceptors (Lipinski definition) is 5. The van der Waals surface area contributed by atoms with Gasteiger partial charge in [-0.25, -0.2) is 5.43 Å². The van der Waals surface area contributed by atoms with Gasteiger partial charge < -0.3 is 9.47 Å². The Kier molecular flexibility index (Phi) is 7.39. The van der Waals surface area contributed by atoms with Gasteiger partial charge in [0, 0.05) is 15.6 Å². The van der Waals surface area contributed by atoms with Crippen molar-refractivity contribution in [2.24, 2.45) is 5.10 Å². The molecule has 3 aromatic rings. The number of nitrogens with zero attached hydrogens (tertiary/aromatic N) is 1. The van der Waals surface area contributed by atoms with E-state index in [1.54, 1.807) is 42.5 Å². The highest BCUT2D eigenvalue weighted by Crippen LogP contribution is 2.37. The van der Waals surface area contributed by atoms with E-state index in [0.717, 1.165) is 5.56 Å². The van der Waals surface area contributed by atoms with Crippen LogP contribution in [0.1, 0.15) is 20.8 Å². The lowest BCUT2D eigenvalue weighted by atomic mass is 10.2. The molecule has 9 heteroatoms. The van der Waals surface area contributed by atoms with Crippen LogP contribution in [-0.4, -0.2) is 19.2 Å². The fraction of sp³-hybridized carbons (Fsp3) is 0.100. The minimum atomic E-state index is -0.283. The zero-order valence-corrected chi connectivity index (χ0v) is 18.2. The van der Waals surface area contributed by atoms with Crippen molar-refractivity contribution in [3.05, 3.63) is 78.9 Å². The Morgan fingerprint density at radius 1 is 1.17 bits per heavy atom. The number of methoxy groups -OCH3 is 1. The van der Waals surface area contributed by atoms with Crippen LogP contribution in [0.25, 0.3) is 0 Å². The first kappa shape index (κ1) is 21.5. The summed E-state index contributed by atoms with van der Waals surface area (Å²) in [5, 5.41) is 7.15. The first-order valence-electron chi connectivity index (χ1n) is 8.29. The normalized spacial score (nSPS) is 10.9. The zero-order valence-electron chi connectivity index (χ0n) is 15.1. The highest BCUT2D eigenvalue weighted by Gasteiger charge is 2.13. The molecular formula is C20H15Cl3N2O3S. The van der Waals surface area contributed by atoms with Crippen LogP contribution in [0, 0.1) is 0 Å². The van der Waals surface area contributed by atoms with Crippen molar-refractivity contribution in [1.82, 2.24) is 5.43 Å². The number of thiophene rings is 1. The first-order chi connectivity index (χ1) is 14.0. The van der Waals surface area contributed by atoms with Crippen molar-refractivity contribution < 1.29 is 14.3 Å². The lowest BCUT2D eigenvalue weighted by molar-refractivity contribution is 0.0959. The van der Waals surface area contributed by atoms with Crippen molar-refractivity contribution >= 4 is 58.3 Å². The van der Waals surface area contributed by atoms with E-state index < -0.39 is 0 Å². The maximum atomic E-state index is 11.9. The molecule has 0 aliphatic heterocycles. The van der Waals surface area contributed by atoms with Crippen LogP contribution in [-0.2, 0) is 6.61 Å². The molecule has 0 aliphatic rings. The summed E-state index contributed by atoms with van der Waals surface area (Å²) < 4.78 is 11.2. The molecule has 1 N–H and O–H groups in total. The highest BCUT2D eigenvalue weighted by molar-refractivity contribution is 7.12. The Bertz CT molecular complexity index is 1040. The summed E-state index contributed by atoms with van der Waals surface area (Å²) in [6, 6.07) is 12.0. The fourth-order valence-electron chi connectivity index (χ4n) is 2.37. The Hall–Kier alpha value is -2.25. The van der Waals surface area contributed by atoms with E-state index >= 15 is 0 Å². The zero-order chi connectivity index (χ0) is 20.8. The second-order valence-electron chi connectivity index (χ2n) is 5.73. The topological polar surface area (TPSA) is 59.9 Å². The van der Waals surface area contributed by atoms with E-state index in [1.807, 2.05) is 5.38 Å². The predicted molar refractivity (Wildman–Crippen MR) is 118 cm³/mol. The molecule has 0 atom stereocenters. The number of benzene rings is 2. The molecule has 3 rings (SSSR count). The number of carbonyl (C=O) groups is 1. The van der Waals surface area contributed by atoms with Gasteiger partial charge in [0.05, 0.1) is 23.2 Å². The molecule has 0 radical (unpaired) electrons. The predicted octanol–water partition coefficient (Wildman–Crippen LogP) is 6.06. The van der Waals surface area contributed by atoms with E-state index in [-0.39, 0.29) is 12.5 Å². The van der Waals surface area contributed by atoms with Gasteiger partial charge in [-0.1, -0.05) is 46.9 Å². The summed E-state index contributed by atoms with van der Waals surface area (Å²) >= 11 is 19.8. The summed E-state index contributed by atoms with van der Waals surface area (Å²) in [5.41, 5.74) is 3.86. The van der Waals surface area contributed by atoms with Crippen LogP contribution >= 0.6 is 46.1 Å². The number of rotatable bonds is 7. The fourth-order valence-corrected chi connectivity index (χ4v) is 3.72. The lowest BCUT2D eigenvalue weighted by Gasteiger charge is -2.14. The van der Waals surface area contributed by atoms with Gasteiger partial charge in [0.15, 0.2) is 11.5 Å². The molecule has 5 nitrogen and oxygen atoms in total. The van der Waals surface area contributed by atoms with Gasteiger partial charge in [0.2, 0.25) is 0 Å². The van der Waals surface area contributed by atoms with Crippen LogP contribution in [0.4, 0.5) is 0 Å². The first-order valence-corrected chi connectivity index (χ1v) is 10.3. The van der Waals surface area contributed by atoms with Gasteiger partial charge in [0.1, 0.15) is 6.61 Å². The maximum absolute atomic E-state index is 11.9. The average molecular weight is 470 g/mol. The summed E-state index contributed by atoms with van der Waals surface area (Å²) in [6.45, 7) is 0.191. The third kappa shape index (κ3) is 5.64. The van der Waals surface area contributed by atoms with Crippen molar-refractivity contribution in [3.63, 3.8) is 0 Å². The van der Waals surface area contributed by atoms with E-state index in [1.165, 1.54) is 24.7 Å². The number of amides is 1. The highest BCUT2D eigenvalue weighted by atomic mass is 35.5. The smallest absolute Gasteiger partial charge is 0.281 e. The summed E-state index contributed by atoms with van der Waals surface area (Å²) in [7, 11) is 1.51. The molecule has 0 unspecified atom stereocenters. The second kappa shape index (κ2) is 9.98. The van der Waals surface area contributed by atoms with Gasteiger partial charge in [-0.15, -0.1) is 11.3 Å². The molecular weight excluding hydrogens is 455 g/mol. The third-order valence-corrected chi connectivity index (χ3v) is 5.50. The molecule has 150 valence electrons. The molecule has 2 aromatic carbocycles. The molecule has 1 heterocycles. The minimum absolute atomic E-state index is 0.191. The van der Waals surface area contributed by atoms with Crippen LogP contribution < -0.4 is 14.9 Å². The van der Waals surface area contributed by atoms with Crippen molar-refractivity contribution in [2.75, 3.05) is 7.11 Å². The molecule has 0 saturated heterocycles. The number of carbonyl (C=O) groups excluding carboxylic acids is 1. The number of nitrogens with one attached hydrogen (secondary N) is 1. The van der Waals surface area contributed by atoms with Gasteiger partial charge in [-0.2, -0.15) is 5.10 Å². The van der Waals surface area contributed by atoms with Crippen LogP contribution in [0.5, 0.6) is 11.5 Å². The van der Waals surface area contributed by atoms with E-state index in [2.05, 4.69) is 10.5 Å². The Morgan fingerprint density at radius 3 is 2.69 bits per heavy atom. The van der Waals surface area contributed by atoms with Crippen molar-refractivity contribution in [3.8, 4) is 11.5 Å². The number of hydrazone groups is 1. The maximum Gasteiger partial charge on any atom is 0.281 e. The van der Waals surface area contributed by atoms with E-state index in [0.29, 0.717) is 37.0 Å². The largest absolute Gasteiger partial charge is 0.493 e. The lowest BCUT2D eigenvalue weighted by Crippen LogP contribution is -2.16. The molecule has 1 aromatic heterocycles. The minimum Gasteiger partial charge on any atom is -0.493 e. The number of hydrogen-bond donors (Lipinski definition) is 1. The van der Waals surface area contributed by atoms with E-state index in [9.17, 15) is 4.79 Å². The molecule has 29 heavy (non-hydrogen) atoms. The van der Waals surface area contributed by atoms with Gasteiger partial charge in [-0.05, 0) is 41.3 Å².